The van der Waals surface area contributed by atoms with Gasteiger partial charge in [0.25, 0.3) is 0 Å². The molecule has 0 saturated carbocycles. The Morgan fingerprint density at radius 1 is 1.23 bits per heavy atom. The number of primary amides is 1. The van der Waals surface area contributed by atoms with E-state index < -0.39 is 17.5 Å². The zero-order chi connectivity index (χ0) is 21.5. The van der Waals surface area contributed by atoms with Crippen molar-refractivity contribution in [3.8, 4) is 0 Å². The highest BCUT2D eigenvalue weighted by Gasteiger charge is 2.32. The summed E-state index contributed by atoms with van der Waals surface area (Å²) in [4.78, 5) is 19.3. The second kappa shape index (κ2) is 7.13. The number of aromatic nitrogens is 4. The van der Waals surface area contributed by atoms with Crippen molar-refractivity contribution in [2.24, 2.45) is 22.3 Å². The first-order chi connectivity index (χ1) is 14.3. The van der Waals surface area contributed by atoms with E-state index in [1.807, 2.05) is 0 Å². The van der Waals surface area contributed by atoms with Crippen LogP contribution in [0, 0.1) is 5.82 Å². The monoisotopic (exact) mass is 407 g/mol. The van der Waals surface area contributed by atoms with Crippen LogP contribution in [0.15, 0.2) is 53.9 Å². The Hall–Kier alpha value is -3.96. The summed E-state index contributed by atoms with van der Waals surface area (Å²) in [5, 5.41) is 8.97. The Labute approximate surface area is 169 Å². The van der Waals surface area contributed by atoms with Gasteiger partial charge in [0.1, 0.15) is 22.9 Å². The van der Waals surface area contributed by atoms with Gasteiger partial charge >= 0.3 is 6.03 Å². The molecule has 3 heterocycles. The standard InChI is InChI=1S/C19H18FN9O/c1-10(26-27-18(21)30)14-4-5-17-25-9-16(29(17)28-14)19(22,23)12-7-11-3-2-6-24-15(11)8-13(12)20/h2-9H,22-23H2,1H3,(H3,21,27,30). The van der Waals surface area contributed by atoms with E-state index in [9.17, 15) is 9.18 Å². The van der Waals surface area contributed by atoms with Crippen LogP contribution in [-0.4, -0.2) is 31.3 Å². The molecule has 0 atom stereocenters. The SMILES string of the molecule is CC(=NNC(N)=O)c1ccc2ncc(C(N)(N)c3cc4cccnc4cc3F)n2n1. The summed E-state index contributed by atoms with van der Waals surface area (Å²) in [7, 11) is 0. The molecule has 3 aromatic heterocycles. The maximum Gasteiger partial charge on any atom is 0.332 e. The van der Waals surface area contributed by atoms with Gasteiger partial charge in [-0.25, -0.2) is 24.1 Å². The number of pyridine rings is 1. The zero-order valence-corrected chi connectivity index (χ0v) is 15.9. The topological polar surface area (TPSA) is 163 Å². The van der Waals surface area contributed by atoms with Crippen LogP contribution < -0.4 is 22.6 Å². The van der Waals surface area contributed by atoms with Crippen molar-refractivity contribution in [1.29, 1.82) is 0 Å². The molecule has 4 aromatic rings. The number of rotatable bonds is 4. The van der Waals surface area contributed by atoms with Crippen LogP contribution in [0.3, 0.4) is 0 Å². The van der Waals surface area contributed by atoms with E-state index in [-0.39, 0.29) is 11.3 Å². The molecule has 0 fully saturated rings. The number of hydrogen-bond acceptors (Lipinski definition) is 7. The summed E-state index contributed by atoms with van der Waals surface area (Å²) >= 11 is 0. The molecule has 0 aliphatic carbocycles. The second-order valence-corrected chi connectivity index (χ2v) is 6.70. The number of fused-ring (bicyclic) bond motifs is 2. The Bertz CT molecular complexity index is 1310. The summed E-state index contributed by atoms with van der Waals surface area (Å²) in [6.45, 7) is 1.63. The lowest BCUT2D eigenvalue weighted by atomic mass is 9.96. The van der Waals surface area contributed by atoms with Gasteiger partial charge in [0.05, 0.1) is 17.4 Å². The van der Waals surface area contributed by atoms with Crippen molar-refractivity contribution < 1.29 is 9.18 Å². The maximum atomic E-state index is 14.9. The minimum absolute atomic E-state index is 0.0674. The third kappa shape index (κ3) is 3.32. The molecular weight excluding hydrogens is 389 g/mol. The highest BCUT2D eigenvalue weighted by atomic mass is 19.1. The molecule has 0 unspecified atom stereocenters. The van der Waals surface area contributed by atoms with E-state index in [0.29, 0.717) is 28.0 Å². The number of nitrogens with zero attached hydrogens (tertiary/aromatic N) is 5. The fraction of sp³-hybridized carbons (Fsp3) is 0.105. The van der Waals surface area contributed by atoms with Crippen LogP contribution in [0.5, 0.6) is 0 Å². The number of urea groups is 1. The lowest BCUT2D eigenvalue weighted by molar-refractivity contribution is 0.249. The highest BCUT2D eigenvalue weighted by Crippen LogP contribution is 2.28. The first-order valence-electron chi connectivity index (χ1n) is 8.85. The van der Waals surface area contributed by atoms with Gasteiger partial charge in [-0.3, -0.25) is 4.98 Å². The molecular formula is C19H18FN9O. The first kappa shape index (κ1) is 19.4. The third-order valence-electron chi connectivity index (χ3n) is 4.63. The molecule has 30 heavy (non-hydrogen) atoms. The number of imidazole rings is 1. The lowest BCUT2D eigenvalue weighted by Gasteiger charge is -2.25. The molecule has 11 heteroatoms. The third-order valence-corrected chi connectivity index (χ3v) is 4.63. The number of halogens is 1. The van der Waals surface area contributed by atoms with Crippen molar-refractivity contribution in [3.63, 3.8) is 0 Å². The van der Waals surface area contributed by atoms with Crippen LogP contribution in [0.25, 0.3) is 16.6 Å². The number of hydrogen-bond donors (Lipinski definition) is 4. The number of nitrogens with one attached hydrogen (secondary N) is 1. The largest absolute Gasteiger partial charge is 0.350 e. The molecule has 4 rings (SSSR count). The number of carbonyl (C=O) groups excluding carboxylic acids is 1. The maximum absolute atomic E-state index is 14.9. The summed E-state index contributed by atoms with van der Waals surface area (Å²) in [6, 6.07) is 8.90. The van der Waals surface area contributed by atoms with Crippen molar-refractivity contribution >= 4 is 28.3 Å². The number of hydrazone groups is 1. The Morgan fingerprint density at radius 3 is 2.80 bits per heavy atom. The highest BCUT2D eigenvalue weighted by molar-refractivity contribution is 5.97. The van der Waals surface area contributed by atoms with E-state index >= 15 is 0 Å². The van der Waals surface area contributed by atoms with Crippen LogP contribution in [-0.2, 0) is 5.66 Å². The number of carbonyl (C=O) groups is 1. The Kier molecular flexibility index (Phi) is 4.60. The van der Waals surface area contributed by atoms with Crippen LogP contribution in [0.1, 0.15) is 23.9 Å². The van der Waals surface area contributed by atoms with E-state index in [4.69, 9.17) is 17.2 Å². The van der Waals surface area contributed by atoms with Crippen molar-refractivity contribution in [2.75, 3.05) is 0 Å². The predicted molar refractivity (Wildman–Crippen MR) is 109 cm³/mol. The van der Waals surface area contributed by atoms with Gasteiger partial charge < -0.3 is 17.2 Å². The van der Waals surface area contributed by atoms with Gasteiger partial charge in [-0.1, -0.05) is 6.07 Å². The lowest BCUT2D eigenvalue weighted by Crippen LogP contribution is -2.49. The molecule has 0 radical (unpaired) electrons. The van der Waals surface area contributed by atoms with Crippen molar-refractivity contribution in [1.82, 2.24) is 25.0 Å². The van der Waals surface area contributed by atoms with Gasteiger partial charge in [-0.05, 0) is 31.2 Å². The normalized spacial score (nSPS) is 12.5. The smallest absolute Gasteiger partial charge is 0.332 e. The molecule has 10 nitrogen and oxygen atoms in total. The van der Waals surface area contributed by atoms with Crippen LogP contribution in [0.4, 0.5) is 9.18 Å². The fourth-order valence-corrected chi connectivity index (χ4v) is 3.09. The second-order valence-electron chi connectivity index (χ2n) is 6.70. The van der Waals surface area contributed by atoms with Gasteiger partial charge in [-0.15, -0.1) is 0 Å². The van der Waals surface area contributed by atoms with Gasteiger partial charge in [0.15, 0.2) is 5.65 Å². The first-order valence-corrected chi connectivity index (χ1v) is 8.85. The number of benzene rings is 1. The molecule has 0 saturated heterocycles. The number of amides is 2. The fourth-order valence-electron chi connectivity index (χ4n) is 3.09. The van der Waals surface area contributed by atoms with E-state index in [0.717, 1.165) is 0 Å². The molecule has 2 amide bonds. The van der Waals surface area contributed by atoms with E-state index in [2.05, 4.69) is 25.6 Å². The Balaban J connectivity index is 1.84. The summed E-state index contributed by atoms with van der Waals surface area (Å²) in [5.41, 5.74) is 20.3. The van der Waals surface area contributed by atoms with Gasteiger partial charge in [0, 0.05) is 23.2 Å². The van der Waals surface area contributed by atoms with Crippen molar-refractivity contribution in [2.45, 2.75) is 12.6 Å². The minimum atomic E-state index is -1.74. The molecule has 0 bridgehead atoms. The predicted octanol–water partition coefficient (Wildman–Crippen LogP) is 0.927. The minimum Gasteiger partial charge on any atom is -0.350 e. The van der Waals surface area contributed by atoms with E-state index in [1.165, 1.54) is 16.8 Å². The average Bonchev–Trinajstić information content (AvgIpc) is 3.15. The summed E-state index contributed by atoms with van der Waals surface area (Å²) in [5.74, 6) is -0.597. The molecule has 0 aliphatic heterocycles. The molecule has 152 valence electrons. The Morgan fingerprint density at radius 2 is 2.03 bits per heavy atom. The molecule has 7 N–H and O–H groups in total. The van der Waals surface area contributed by atoms with Gasteiger partial charge in [-0.2, -0.15) is 10.2 Å². The quantitative estimate of drug-likeness (QED) is 0.223. The molecule has 1 aromatic carbocycles. The van der Waals surface area contributed by atoms with Gasteiger partial charge in [0.2, 0.25) is 0 Å². The van der Waals surface area contributed by atoms with Crippen LogP contribution in [0.2, 0.25) is 0 Å². The summed E-state index contributed by atoms with van der Waals surface area (Å²) in [6.07, 6.45) is 3.01. The number of nitrogens with two attached hydrogens (primary N) is 3. The summed E-state index contributed by atoms with van der Waals surface area (Å²) < 4.78 is 16.3. The molecule has 0 spiro atoms. The van der Waals surface area contributed by atoms with E-state index in [1.54, 1.807) is 43.5 Å². The van der Waals surface area contributed by atoms with Crippen LogP contribution >= 0.6 is 0 Å². The molecule has 0 aliphatic rings. The zero-order valence-electron chi connectivity index (χ0n) is 15.9. The average molecular weight is 407 g/mol. The van der Waals surface area contributed by atoms with Crippen molar-refractivity contribution in [3.05, 3.63) is 71.6 Å².